The molecule has 1 rings (SSSR count). The third-order valence-electron chi connectivity index (χ3n) is 2.28. The van der Waals surface area contributed by atoms with Gasteiger partial charge >= 0.3 is 5.97 Å². The Morgan fingerprint density at radius 3 is 2.59 bits per heavy atom. The van der Waals surface area contributed by atoms with Crippen molar-refractivity contribution >= 4 is 5.97 Å². The second-order valence-corrected chi connectivity index (χ2v) is 4.51. The van der Waals surface area contributed by atoms with Crippen molar-refractivity contribution in [3.8, 4) is 5.75 Å². The summed E-state index contributed by atoms with van der Waals surface area (Å²) in [4.78, 5) is 11.6. The molecule has 1 atom stereocenters. The zero-order chi connectivity index (χ0) is 13.0. The lowest BCUT2D eigenvalue weighted by atomic mass is 10.1. The van der Waals surface area contributed by atoms with Gasteiger partial charge in [0.15, 0.2) is 0 Å². The van der Waals surface area contributed by atoms with Crippen LogP contribution in [-0.2, 0) is 4.74 Å². The monoisotopic (exact) mass is 240 g/mol. The van der Waals surface area contributed by atoms with E-state index in [-0.39, 0.29) is 17.4 Å². The van der Waals surface area contributed by atoms with Crippen molar-refractivity contribution in [3.05, 3.63) is 29.6 Å². The molecule has 0 fully saturated rings. The molecular formula is C13H17FO3. The van der Waals surface area contributed by atoms with E-state index in [0.717, 1.165) is 12.5 Å². The molecule has 17 heavy (non-hydrogen) atoms. The van der Waals surface area contributed by atoms with Gasteiger partial charge in [0.25, 0.3) is 0 Å². The molecular weight excluding hydrogens is 223 g/mol. The summed E-state index contributed by atoms with van der Waals surface area (Å²) in [6.45, 7) is 5.81. The highest BCUT2D eigenvalue weighted by Crippen LogP contribution is 2.17. The fraction of sp³-hybridized carbons (Fsp3) is 0.462. The highest BCUT2D eigenvalue weighted by atomic mass is 19.1. The van der Waals surface area contributed by atoms with Crippen molar-refractivity contribution in [3.63, 3.8) is 0 Å². The quantitative estimate of drug-likeness (QED) is 0.822. The van der Waals surface area contributed by atoms with Crippen molar-refractivity contribution in [2.45, 2.75) is 33.3 Å². The van der Waals surface area contributed by atoms with Gasteiger partial charge in [0.05, 0.1) is 11.7 Å². The maximum atomic E-state index is 13.4. The first-order valence-corrected chi connectivity index (χ1v) is 5.59. The zero-order valence-electron chi connectivity index (χ0n) is 10.2. The van der Waals surface area contributed by atoms with E-state index in [1.54, 1.807) is 6.92 Å². The Bertz CT molecular complexity index is 402. The number of phenols is 1. The molecule has 94 valence electrons. The largest absolute Gasteiger partial charge is 0.508 e. The smallest absolute Gasteiger partial charge is 0.341 e. The maximum Gasteiger partial charge on any atom is 0.341 e. The number of rotatable bonds is 4. The molecule has 0 saturated carbocycles. The molecule has 0 aromatic heterocycles. The summed E-state index contributed by atoms with van der Waals surface area (Å²) in [5.41, 5.74) is -0.154. The average molecular weight is 240 g/mol. The fourth-order valence-electron chi connectivity index (χ4n) is 1.63. The van der Waals surface area contributed by atoms with Crippen molar-refractivity contribution < 1.29 is 19.0 Å². The van der Waals surface area contributed by atoms with Crippen LogP contribution < -0.4 is 0 Å². The average Bonchev–Trinajstić information content (AvgIpc) is 2.15. The molecule has 1 aromatic rings. The predicted octanol–water partition coefficient (Wildman–Crippen LogP) is 3.12. The van der Waals surface area contributed by atoms with Crippen LogP contribution in [0.3, 0.4) is 0 Å². The lowest BCUT2D eigenvalue weighted by Crippen LogP contribution is -2.17. The summed E-state index contributed by atoms with van der Waals surface area (Å²) < 4.78 is 18.5. The minimum Gasteiger partial charge on any atom is -0.508 e. The Morgan fingerprint density at radius 1 is 1.41 bits per heavy atom. The van der Waals surface area contributed by atoms with E-state index in [9.17, 15) is 9.18 Å². The van der Waals surface area contributed by atoms with E-state index < -0.39 is 11.8 Å². The number of carbonyl (C=O) groups is 1. The molecule has 0 heterocycles. The first kappa shape index (κ1) is 13.5. The third-order valence-corrected chi connectivity index (χ3v) is 2.28. The van der Waals surface area contributed by atoms with Crippen LogP contribution in [0.4, 0.5) is 4.39 Å². The summed E-state index contributed by atoms with van der Waals surface area (Å²) in [5.74, 6) is -1.28. The molecule has 0 aliphatic carbocycles. The van der Waals surface area contributed by atoms with Crippen molar-refractivity contribution in [1.82, 2.24) is 0 Å². The minimum atomic E-state index is -0.772. The minimum absolute atomic E-state index is 0.154. The van der Waals surface area contributed by atoms with Gasteiger partial charge < -0.3 is 9.84 Å². The van der Waals surface area contributed by atoms with Crippen LogP contribution in [0.1, 0.15) is 37.6 Å². The van der Waals surface area contributed by atoms with Crippen LogP contribution in [0.2, 0.25) is 0 Å². The third kappa shape index (κ3) is 4.06. The molecule has 0 radical (unpaired) electrons. The Balaban J connectivity index is 2.70. The van der Waals surface area contributed by atoms with Gasteiger partial charge in [-0.15, -0.1) is 0 Å². The second-order valence-electron chi connectivity index (χ2n) is 4.51. The normalized spacial score (nSPS) is 12.5. The summed E-state index contributed by atoms with van der Waals surface area (Å²) >= 11 is 0. The molecule has 3 nitrogen and oxygen atoms in total. The van der Waals surface area contributed by atoms with E-state index in [1.165, 1.54) is 12.1 Å². The van der Waals surface area contributed by atoms with E-state index in [2.05, 4.69) is 0 Å². The van der Waals surface area contributed by atoms with Crippen LogP contribution >= 0.6 is 0 Å². The van der Waals surface area contributed by atoms with Crippen molar-refractivity contribution in [1.29, 1.82) is 0 Å². The molecule has 0 aliphatic rings. The van der Waals surface area contributed by atoms with Gasteiger partial charge in [-0.1, -0.05) is 13.8 Å². The first-order chi connectivity index (χ1) is 7.90. The number of benzene rings is 1. The summed E-state index contributed by atoms with van der Waals surface area (Å²) in [6.07, 6.45) is 0.474. The highest BCUT2D eigenvalue weighted by Gasteiger charge is 2.17. The Labute approximate surface area is 100 Å². The predicted molar refractivity (Wildman–Crippen MR) is 62.4 cm³/mol. The Kier molecular flexibility index (Phi) is 4.49. The van der Waals surface area contributed by atoms with Crippen LogP contribution in [0.15, 0.2) is 18.2 Å². The van der Waals surface area contributed by atoms with E-state index >= 15 is 0 Å². The molecule has 0 aliphatic heterocycles. The fourth-order valence-corrected chi connectivity index (χ4v) is 1.63. The standard InChI is InChI=1S/C13H17FO3/c1-8(2)6-9(3)17-13(16)11-5-4-10(15)7-12(11)14/h4-5,7-9,15H,6H2,1-3H3/t9-/m1/s1. The summed E-state index contributed by atoms with van der Waals surface area (Å²) in [7, 11) is 0. The van der Waals surface area contributed by atoms with E-state index in [4.69, 9.17) is 9.84 Å². The zero-order valence-corrected chi connectivity index (χ0v) is 10.2. The Hall–Kier alpha value is -1.58. The van der Waals surface area contributed by atoms with E-state index in [0.29, 0.717) is 5.92 Å². The number of hydrogen-bond acceptors (Lipinski definition) is 3. The van der Waals surface area contributed by atoms with Crippen LogP contribution in [0, 0.1) is 11.7 Å². The molecule has 0 spiro atoms. The van der Waals surface area contributed by atoms with Gasteiger partial charge in [0, 0.05) is 6.07 Å². The van der Waals surface area contributed by atoms with Gasteiger partial charge in [0.2, 0.25) is 0 Å². The number of carbonyl (C=O) groups excluding carboxylic acids is 1. The van der Waals surface area contributed by atoms with Crippen LogP contribution in [-0.4, -0.2) is 17.2 Å². The Morgan fingerprint density at radius 2 is 2.06 bits per heavy atom. The van der Waals surface area contributed by atoms with Gasteiger partial charge in [-0.25, -0.2) is 9.18 Å². The number of phenolic OH excluding ortho intramolecular Hbond substituents is 1. The SMILES string of the molecule is CC(C)C[C@@H](C)OC(=O)c1ccc(O)cc1F. The van der Waals surface area contributed by atoms with Gasteiger partial charge in [-0.2, -0.15) is 0 Å². The van der Waals surface area contributed by atoms with E-state index in [1.807, 2.05) is 13.8 Å². The van der Waals surface area contributed by atoms with Gasteiger partial charge in [-0.05, 0) is 31.4 Å². The van der Waals surface area contributed by atoms with Crippen molar-refractivity contribution in [2.24, 2.45) is 5.92 Å². The molecule has 0 saturated heterocycles. The number of ether oxygens (including phenoxy) is 1. The second kappa shape index (κ2) is 5.66. The van der Waals surface area contributed by atoms with Gasteiger partial charge in [0.1, 0.15) is 11.6 Å². The molecule has 0 unspecified atom stereocenters. The molecule has 0 amide bonds. The maximum absolute atomic E-state index is 13.4. The number of halogens is 1. The molecule has 4 heteroatoms. The lowest BCUT2D eigenvalue weighted by Gasteiger charge is -2.15. The van der Waals surface area contributed by atoms with Crippen molar-refractivity contribution in [2.75, 3.05) is 0 Å². The highest BCUT2D eigenvalue weighted by molar-refractivity contribution is 5.89. The number of aromatic hydroxyl groups is 1. The van der Waals surface area contributed by atoms with Crippen LogP contribution in [0.5, 0.6) is 5.75 Å². The number of hydrogen-bond donors (Lipinski definition) is 1. The number of esters is 1. The molecule has 1 N–H and O–H groups in total. The summed E-state index contributed by atoms with van der Waals surface area (Å²) in [5, 5.41) is 9.03. The van der Waals surface area contributed by atoms with Crippen LogP contribution in [0.25, 0.3) is 0 Å². The van der Waals surface area contributed by atoms with Gasteiger partial charge in [-0.3, -0.25) is 0 Å². The lowest BCUT2D eigenvalue weighted by molar-refractivity contribution is 0.0294. The summed E-state index contributed by atoms with van der Waals surface area (Å²) in [6, 6.07) is 3.37. The first-order valence-electron chi connectivity index (χ1n) is 5.59. The molecule has 0 bridgehead atoms. The molecule has 1 aromatic carbocycles. The topological polar surface area (TPSA) is 46.5 Å².